The molecule has 3 nitrogen and oxygen atoms in total. The van der Waals surface area contributed by atoms with E-state index in [-0.39, 0.29) is 0 Å². The molecular weight excluding hydrogens is 405 g/mol. The molecule has 0 aliphatic carbocycles. The van der Waals surface area contributed by atoms with Gasteiger partial charge in [-0.15, -0.1) is 11.4 Å². The van der Waals surface area contributed by atoms with Crippen molar-refractivity contribution in [1.82, 2.24) is 0 Å². The number of quaternary nitrogens is 1. The Morgan fingerprint density at radius 2 is 1.07 bits per heavy atom. The van der Waals surface area contributed by atoms with Crippen LogP contribution in [0.25, 0.3) is 0 Å². The third-order valence-electron chi connectivity index (χ3n) is 4.68. The van der Waals surface area contributed by atoms with Crippen LogP contribution in [0.4, 0.5) is 0 Å². The summed E-state index contributed by atoms with van der Waals surface area (Å²) in [5.74, 6) is 0.751. The third-order valence-corrected chi connectivity index (χ3v) is 9.13. The molecule has 0 aromatic carbocycles. The molecule has 0 saturated heterocycles. The average molecular weight is 456 g/mol. The zero-order valence-corrected chi connectivity index (χ0v) is 21.7. The number of unbranched alkanes of at least 4 members (excludes halogenated alkanes) is 15. The van der Waals surface area contributed by atoms with E-state index in [4.69, 9.17) is 4.52 Å². The summed E-state index contributed by atoms with van der Waals surface area (Å²) < 4.78 is 4.80. The molecule has 0 aromatic heterocycles. The maximum atomic E-state index is 11.0. The molecule has 0 fully saturated rings. The van der Waals surface area contributed by atoms with E-state index in [0.717, 1.165) is 12.3 Å². The van der Waals surface area contributed by atoms with Gasteiger partial charge in [-0.2, -0.15) is 0 Å². The first-order valence-corrected chi connectivity index (χ1v) is 16.2. The van der Waals surface area contributed by atoms with Crippen molar-refractivity contribution in [3.05, 3.63) is 0 Å². The van der Waals surface area contributed by atoms with Crippen LogP contribution in [0, 0.1) is 0 Å². The van der Waals surface area contributed by atoms with Crippen LogP contribution in [0.1, 0.15) is 124 Å². The summed E-state index contributed by atoms with van der Waals surface area (Å²) in [6, 6.07) is 0. The molecule has 0 heterocycles. The zero-order chi connectivity index (χ0) is 21.3. The fourth-order valence-corrected chi connectivity index (χ4v) is 6.54. The second-order valence-electron chi connectivity index (χ2n) is 7.44. The summed E-state index contributed by atoms with van der Waals surface area (Å²) in [7, 11) is 0. The molecule has 0 aliphatic heterocycles. The normalized spacial score (nSPS) is 13.0. The Kier molecular flexibility index (Phi) is 28.8. The van der Waals surface area contributed by atoms with Crippen LogP contribution in [0.3, 0.4) is 0 Å². The highest BCUT2D eigenvalue weighted by Gasteiger charge is 1.98. The zero-order valence-electron chi connectivity index (χ0n) is 19.2. The molecule has 3 N–H and O–H groups in total. The monoisotopic (exact) mass is 455 g/mol. The molecule has 0 saturated carbocycles. The average Bonchev–Trinajstić information content (AvgIpc) is 2.65. The van der Waals surface area contributed by atoms with E-state index < -0.39 is 5.69 Å². The maximum Gasteiger partial charge on any atom is 0.0739 e. The van der Waals surface area contributed by atoms with Crippen LogP contribution in [-0.4, -0.2) is 18.9 Å². The SMILES string of the molecule is CCCCCCCCCCCCCCCCCC[NH3+].CCOP([O-])(=S)SCC. The summed E-state index contributed by atoms with van der Waals surface area (Å²) >= 11 is 5.84. The summed E-state index contributed by atoms with van der Waals surface area (Å²) in [5.41, 5.74) is 1.20. The second kappa shape index (κ2) is 25.9. The van der Waals surface area contributed by atoms with Gasteiger partial charge in [0.25, 0.3) is 0 Å². The Morgan fingerprint density at radius 1 is 0.714 bits per heavy atom. The molecule has 172 valence electrons. The number of hydrogen-bond donors (Lipinski definition) is 1. The predicted octanol–water partition coefficient (Wildman–Crippen LogP) is 6.85. The molecule has 0 radical (unpaired) electrons. The Morgan fingerprint density at radius 3 is 1.36 bits per heavy atom. The van der Waals surface area contributed by atoms with Crippen LogP contribution in [0.5, 0.6) is 0 Å². The van der Waals surface area contributed by atoms with Crippen molar-refractivity contribution in [2.75, 3.05) is 18.9 Å². The first-order valence-electron chi connectivity index (χ1n) is 11.9. The first-order chi connectivity index (χ1) is 13.5. The lowest BCUT2D eigenvalue weighted by atomic mass is 10.0. The maximum absolute atomic E-state index is 11.0. The van der Waals surface area contributed by atoms with Crippen molar-refractivity contribution in [2.45, 2.75) is 124 Å². The van der Waals surface area contributed by atoms with E-state index in [1.54, 1.807) is 6.92 Å². The molecule has 0 aromatic rings. The van der Waals surface area contributed by atoms with Crippen molar-refractivity contribution >= 4 is 28.9 Å². The summed E-state index contributed by atoms with van der Waals surface area (Å²) in [4.78, 5) is 11.0. The second-order valence-corrected chi connectivity index (χ2v) is 13.8. The Hall–Kier alpha value is 0.880. The largest absolute Gasteiger partial charge is 0.793 e. The Balaban J connectivity index is 0. The minimum Gasteiger partial charge on any atom is -0.793 e. The molecule has 28 heavy (non-hydrogen) atoms. The lowest BCUT2D eigenvalue weighted by molar-refractivity contribution is -0.368. The fraction of sp³-hybridized carbons (Fsp3) is 1.00. The fourth-order valence-electron chi connectivity index (χ4n) is 3.08. The van der Waals surface area contributed by atoms with E-state index in [2.05, 4.69) is 24.5 Å². The van der Waals surface area contributed by atoms with Gasteiger partial charge in [0.05, 0.1) is 6.54 Å². The van der Waals surface area contributed by atoms with Crippen LogP contribution in [0.2, 0.25) is 0 Å². The highest BCUT2D eigenvalue weighted by molar-refractivity contribution is 8.67. The van der Waals surface area contributed by atoms with E-state index in [0.29, 0.717) is 6.61 Å². The molecule has 0 bridgehead atoms. The molecule has 0 rings (SSSR count). The summed E-state index contributed by atoms with van der Waals surface area (Å²) in [6.07, 6.45) is 23.2. The Labute approximate surface area is 186 Å². The predicted molar refractivity (Wildman–Crippen MR) is 131 cm³/mol. The van der Waals surface area contributed by atoms with Gasteiger partial charge in [-0.05, 0) is 25.5 Å². The molecule has 1 unspecified atom stereocenters. The third kappa shape index (κ3) is 29.1. The van der Waals surface area contributed by atoms with E-state index in [1.807, 2.05) is 6.92 Å². The van der Waals surface area contributed by atoms with Crippen LogP contribution in [-0.2, 0) is 16.3 Å². The highest BCUT2D eigenvalue weighted by Crippen LogP contribution is 2.51. The lowest BCUT2D eigenvalue weighted by Crippen LogP contribution is -2.50. The van der Waals surface area contributed by atoms with Crippen LogP contribution in [0.15, 0.2) is 0 Å². The quantitative estimate of drug-likeness (QED) is 0.161. The Bertz CT molecular complexity index is 308. The summed E-state index contributed by atoms with van der Waals surface area (Å²) in [5, 5.41) is 0. The molecule has 0 aliphatic rings. The summed E-state index contributed by atoms with van der Waals surface area (Å²) in [6.45, 7) is 7.55. The van der Waals surface area contributed by atoms with Gasteiger partial charge >= 0.3 is 0 Å². The number of hydrogen-bond acceptors (Lipinski definition) is 4. The van der Waals surface area contributed by atoms with E-state index in [9.17, 15) is 4.89 Å². The van der Waals surface area contributed by atoms with Crippen LogP contribution >= 0.6 is 17.1 Å². The van der Waals surface area contributed by atoms with Crippen molar-refractivity contribution < 1.29 is 15.2 Å². The lowest BCUT2D eigenvalue weighted by Gasteiger charge is -2.25. The van der Waals surface area contributed by atoms with E-state index in [1.165, 1.54) is 114 Å². The molecular formula is C22H50NO2PS2. The number of rotatable bonds is 20. The molecule has 0 spiro atoms. The van der Waals surface area contributed by atoms with E-state index >= 15 is 0 Å². The minimum absolute atomic E-state index is 0.438. The van der Waals surface area contributed by atoms with Gasteiger partial charge in [0.2, 0.25) is 0 Å². The van der Waals surface area contributed by atoms with Crippen molar-refractivity contribution in [2.24, 2.45) is 0 Å². The molecule has 1 atom stereocenters. The van der Waals surface area contributed by atoms with Crippen molar-refractivity contribution in [3.63, 3.8) is 0 Å². The first kappa shape index (κ1) is 31.1. The van der Waals surface area contributed by atoms with Gasteiger partial charge in [-0.3, -0.25) is 0 Å². The minimum atomic E-state index is -2.69. The van der Waals surface area contributed by atoms with Gasteiger partial charge in [-0.1, -0.05) is 116 Å². The highest BCUT2D eigenvalue weighted by atomic mass is 32.9. The van der Waals surface area contributed by atoms with Crippen LogP contribution < -0.4 is 10.6 Å². The van der Waals surface area contributed by atoms with Gasteiger partial charge < -0.3 is 15.2 Å². The van der Waals surface area contributed by atoms with Gasteiger partial charge in [0.1, 0.15) is 0 Å². The smallest absolute Gasteiger partial charge is 0.0739 e. The van der Waals surface area contributed by atoms with Gasteiger partial charge in [-0.25, -0.2) is 0 Å². The topological polar surface area (TPSA) is 59.9 Å². The van der Waals surface area contributed by atoms with Crippen molar-refractivity contribution in [1.29, 1.82) is 0 Å². The van der Waals surface area contributed by atoms with Gasteiger partial charge in [0.15, 0.2) is 0 Å². The molecule has 6 heteroatoms. The molecule has 0 amide bonds. The van der Waals surface area contributed by atoms with Crippen molar-refractivity contribution in [3.8, 4) is 0 Å². The standard InChI is InChI=1S/C18H39N.C4H11O2PS2/c1-2-3-4-5-6-7-8-9-10-11-12-13-14-15-16-17-18-19;1-3-6-7(5,8)9-4-2/h2-19H2,1H3;3-4H2,1-2H3,(H,5,8). The van der Waals surface area contributed by atoms with Gasteiger partial charge in [0, 0.05) is 12.3 Å².